The lowest BCUT2D eigenvalue weighted by Gasteiger charge is -2.39. The summed E-state index contributed by atoms with van der Waals surface area (Å²) in [4.78, 5) is 13.5. The molecule has 0 unspecified atom stereocenters. The second-order valence-corrected chi connectivity index (χ2v) is 6.81. The van der Waals surface area contributed by atoms with Crippen molar-refractivity contribution in [2.75, 3.05) is 31.6 Å². The lowest BCUT2D eigenvalue weighted by molar-refractivity contribution is -0.118. The second-order valence-electron chi connectivity index (χ2n) is 6.81. The highest BCUT2D eigenvalue weighted by molar-refractivity contribution is 5.95. The number of hydrogen-bond donors (Lipinski definition) is 1. The fourth-order valence-electron chi connectivity index (χ4n) is 3.25. The molecule has 2 aromatic carbocycles. The fourth-order valence-corrected chi connectivity index (χ4v) is 3.25. The molecule has 4 rings (SSSR count). The number of nitrogens with zero attached hydrogens (tertiary/aromatic N) is 1. The number of nitrogens with one attached hydrogen (secondary N) is 1. The van der Waals surface area contributed by atoms with Crippen LogP contribution in [0.15, 0.2) is 36.4 Å². The molecule has 1 N–H and O–H groups in total. The van der Waals surface area contributed by atoms with Crippen LogP contribution >= 0.6 is 0 Å². The minimum absolute atomic E-state index is 0.0608. The highest BCUT2D eigenvalue weighted by Gasteiger charge is 2.27. The van der Waals surface area contributed by atoms with Gasteiger partial charge in [0.2, 0.25) is 0 Å². The molecule has 2 aliphatic rings. The number of anilines is 1. The molecule has 0 spiro atoms. The monoisotopic (exact) mass is 374 g/mol. The van der Waals surface area contributed by atoms with Crippen molar-refractivity contribution in [1.29, 1.82) is 0 Å². The first-order valence-electron chi connectivity index (χ1n) is 8.91. The summed E-state index contributed by atoms with van der Waals surface area (Å²) in [5, 5.41) is 2.69. The van der Waals surface area contributed by atoms with E-state index in [2.05, 4.69) is 10.2 Å². The summed E-state index contributed by atoms with van der Waals surface area (Å²) in [6.07, 6.45) is 0.584. The molecule has 1 fully saturated rings. The Hall–Kier alpha value is -2.51. The van der Waals surface area contributed by atoms with Gasteiger partial charge >= 0.3 is 0 Å². The van der Waals surface area contributed by atoms with Crippen LogP contribution in [0.2, 0.25) is 0 Å². The molecule has 1 saturated heterocycles. The number of halogens is 2. The molecule has 27 heavy (non-hydrogen) atoms. The number of carbonyl (C=O) groups excluding carboxylic acids is 1. The minimum Gasteiger partial charge on any atom is -0.481 e. The first-order valence-corrected chi connectivity index (χ1v) is 8.91. The molecule has 142 valence electrons. The van der Waals surface area contributed by atoms with Crippen LogP contribution in [0.1, 0.15) is 11.1 Å². The van der Waals surface area contributed by atoms with Crippen molar-refractivity contribution in [2.45, 2.75) is 19.1 Å². The summed E-state index contributed by atoms with van der Waals surface area (Å²) in [7, 11) is 0. The minimum atomic E-state index is -0.335. The molecule has 0 aromatic heterocycles. The van der Waals surface area contributed by atoms with E-state index in [1.807, 2.05) is 0 Å². The van der Waals surface area contributed by atoms with Gasteiger partial charge in [0.25, 0.3) is 5.91 Å². The zero-order chi connectivity index (χ0) is 18.8. The topological polar surface area (TPSA) is 50.8 Å². The van der Waals surface area contributed by atoms with E-state index in [4.69, 9.17) is 9.47 Å². The molecule has 0 saturated carbocycles. The molecule has 5 nitrogen and oxygen atoms in total. The predicted molar refractivity (Wildman–Crippen MR) is 95.6 cm³/mol. The van der Waals surface area contributed by atoms with E-state index in [9.17, 15) is 13.6 Å². The summed E-state index contributed by atoms with van der Waals surface area (Å²) in [5.74, 6) is -0.468. The van der Waals surface area contributed by atoms with Crippen molar-refractivity contribution >= 4 is 11.6 Å². The third-order valence-corrected chi connectivity index (χ3v) is 4.83. The smallest absolute Gasteiger partial charge is 0.262 e. The largest absolute Gasteiger partial charge is 0.481 e. The molecule has 2 aliphatic heterocycles. The van der Waals surface area contributed by atoms with Crippen molar-refractivity contribution in [3.8, 4) is 5.75 Å². The zero-order valence-electron chi connectivity index (χ0n) is 14.7. The molecular weight excluding hydrogens is 354 g/mol. The van der Waals surface area contributed by atoms with Crippen LogP contribution in [-0.4, -0.2) is 43.2 Å². The number of rotatable bonds is 6. The van der Waals surface area contributed by atoms with Crippen LogP contribution in [0.5, 0.6) is 5.75 Å². The normalized spacial score (nSPS) is 17.0. The first kappa shape index (κ1) is 17.9. The number of hydrogen-bond acceptors (Lipinski definition) is 4. The van der Waals surface area contributed by atoms with E-state index >= 15 is 0 Å². The van der Waals surface area contributed by atoms with E-state index < -0.39 is 0 Å². The Morgan fingerprint density at radius 1 is 1.15 bits per heavy atom. The van der Waals surface area contributed by atoms with Gasteiger partial charge in [-0.05, 0) is 24.1 Å². The van der Waals surface area contributed by atoms with Crippen LogP contribution < -0.4 is 10.1 Å². The van der Waals surface area contributed by atoms with Gasteiger partial charge in [-0.25, -0.2) is 8.78 Å². The predicted octanol–water partition coefficient (Wildman–Crippen LogP) is 2.74. The lowest BCUT2D eigenvalue weighted by atomic mass is 10.1. The Kier molecular flexibility index (Phi) is 5.05. The van der Waals surface area contributed by atoms with E-state index in [-0.39, 0.29) is 36.9 Å². The van der Waals surface area contributed by atoms with Crippen LogP contribution in [0.4, 0.5) is 14.5 Å². The van der Waals surface area contributed by atoms with Gasteiger partial charge in [-0.1, -0.05) is 18.2 Å². The van der Waals surface area contributed by atoms with Gasteiger partial charge < -0.3 is 14.8 Å². The number of ether oxygens (including phenoxy) is 2. The average Bonchev–Trinajstić information content (AvgIpc) is 2.62. The molecule has 0 aliphatic carbocycles. The Morgan fingerprint density at radius 3 is 2.78 bits per heavy atom. The van der Waals surface area contributed by atoms with Gasteiger partial charge in [0, 0.05) is 31.3 Å². The van der Waals surface area contributed by atoms with Crippen LogP contribution in [0, 0.1) is 11.6 Å². The Bertz CT molecular complexity index is 853. The summed E-state index contributed by atoms with van der Waals surface area (Å²) in [5.41, 5.74) is 1.60. The standard InChI is InChI=1S/C20H20F2N2O3/c21-16-4-2-1-3-14(16)11-26-15-9-24(10-15)6-5-13-7-18-19(8-17(13)22)27-12-20(25)23-18/h1-4,7-8,15H,5-6,9-12H2,(H,23,25). The Balaban J connectivity index is 1.25. The van der Waals surface area contributed by atoms with Crippen molar-refractivity contribution in [3.63, 3.8) is 0 Å². The Morgan fingerprint density at radius 2 is 1.96 bits per heavy atom. The third kappa shape index (κ3) is 4.09. The van der Waals surface area contributed by atoms with Gasteiger partial charge in [-0.2, -0.15) is 0 Å². The maximum absolute atomic E-state index is 14.2. The van der Waals surface area contributed by atoms with Gasteiger partial charge in [0.15, 0.2) is 6.61 Å². The number of benzene rings is 2. The lowest BCUT2D eigenvalue weighted by Crippen LogP contribution is -2.52. The van der Waals surface area contributed by atoms with E-state index in [1.54, 1.807) is 24.3 Å². The number of carbonyl (C=O) groups is 1. The zero-order valence-corrected chi connectivity index (χ0v) is 14.7. The second kappa shape index (κ2) is 7.62. The van der Waals surface area contributed by atoms with Gasteiger partial charge in [0.05, 0.1) is 18.4 Å². The maximum atomic E-state index is 14.2. The van der Waals surface area contributed by atoms with Crippen molar-refractivity contribution in [2.24, 2.45) is 0 Å². The van der Waals surface area contributed by atoms with Gasteiger partial charge in [-0.15, -0.1) is 0 Å². The number of amides is 1. The number of likely N-dealkylation sites (tertiary alicyclic amines) is 1. The molecule has 0 atom stereocenters. The highest BCUT2D eigenvalue weighted by atomic mass is 19.1. The fraction of sp³-hybridized carbons (Fsp3) is 0.350. The molecular formula is C20H20F2N2O3. The summed E-state index contributed by atoms with van der Waals surface area (Å²) in [6.45, 7) is 2.32. The van der Waals surface area contributed by atoms with Gasteiger partial charge in [0.1, 0.15) is 17.4 Å². The summed E-state index contributed by atoms with van der Waals surface area (Å²) in [6, 6.07) is 9.53. The molecule has 7 heteroatoms. The summed E-state index contributed by atoms with van der Waals surface area (Å²) < 4.78 is 38.7. The van der Waals surface area contributed by atoms with Crippen molar-refractivity contribution in [1.82, 2.24) is 4.90 Å². The maximum Gasteiger partial charge on any atom is 0.262 e. The van der Waals surface area contributed by atoms with Crippen LogP contribution in [0.25, 0.3) is 0 Å². The van der Waals surface area contributed by atoms with E-state index in [0.29, 0.717) is 35.5 Å². The van der Waals surface area contributed by atoms with Crippen LogP contribution in [0.3, 0.4) is 0 Å². The third-order valence-electron chi connectivity index (χ3n) is 4.83. The molecule has 2 aromatic rings. The molecule has 0 bridgehead atoms. The van der Waals surface area contributed by atoms with E-state index in [0.717, 1.165) is 13.1 Å². The number of fused-ring (bicyclic) bond motifs is 1. The summed E-state index contributed by atoms with van der Waals surface area (Å²) >= 11 is 0. The SMILES string of the molecule is O=C1COc2cc(F)c(CCN3CC(OCc4ccccc4F)C3)cc2N1. The molecule has 0 radical (unpaired) electrons. The Labute approximate surface area is 155 Å². The molecule has 2 heterocycles. The van der Waals surface area contributed by atoms with Crippen LogP contribution in [-0.2, 0) is 22.6 Å². The average molecular weight is 374 g/mol. The van der Waals surface area contributed by atoms with E-state index in [1.165, 1.54) is 12.1 Å². The highest BCUT2D eigenvalue weighted by Crippen LogP contribution is 2.31. The molecule has 1 amide bonds. The van der Waals surface area contributed by atoms with Crippen molar-refractivity contribution < 1.29 is 23.0 Å². The first-order chi connectivity index (χ1) is 13.1. The van der Waals surface area contributed by atoms with Gasteiger partial charge in [-0.3, -0.25) is 9.69 Å². The quantitative estimate of drug-likeness (QED) is 0.845. The van der Waals surface area contributed by atoms with Crippen molar-refractivity contribution in [3.05, 3.63) is 59.2 Å².